The van der Waals surface area contributed by atoms with Crippen LogP contribution in [0.1, 0.15) is 36.5 Å². The molecule has 0 aliphatic carbocycles. The Hall–Kier alpha value is -1.20. The smallest absolute Gasteiger partial charge is 0.271 e. The van der Waals surface area contributed by atoms with Gasteiger partial charge < -0.3 is 10.6 Å². The molecule has 6 heteroatoms. The third-order valence-electron chi connectivity index (χ3n) is 3.45. The molecule has 1 unspecified atom stereocenters. The average Bonchev–Trinajstić information content (AvgIpc) is 2.32. The zero-order valence-corrected chi connectivity index (χ0v) is 12.4. The van der Waals surface area contributed by atoms with Gasteiger partial charge in [-0.1, -0.05) is 13.8 Å². The van der Waals surface area contributed by atoms with Gasteiger partial charge in [-0.3, -0.25) is 9.78 Å². The minimum Gasteiger partial charge on any atom is -0.347 e. The van der Waals surface area contributed by atoms with Crippen LogP contribution in [0.5, 0.6) is 0 Å². The fourth-order valence-corrected chi connectivity index (χ4v) is 2.18. The highest BCUT2D eigenvalue weighted by Crippen LogP contribution is 2.25. The maximum Gasteiger partial charge on any atom is 0.271 e. The van der Waals surface area contributed by atoms with Crippen molar-refractivity contribution in [2.24, 2.45) is 5.41 Å². The van der Waals surface area contributed by atoms with Crippen molar-refractivity contribution in [2.75, 3.05) is 13.1 Å². The van der Waals surface area contributed by atoms with E-state index in [4.69, 9.17) is 0 Å². The first-order chi connectivity index (χ1) is 8.49. The first-order valence-corrected chi connectivity index (χ1v) is 6.29. The Morgan fingerprint density at radius 3 is 2.74 bits per heavy atom. The molecule has 0 aromatic carbocycles. The fourth-order valence-electron chi connectivity index (χ4n) is 2.18. The van der Waals surface area contributed by atoms with Crippen LogP contribution in [-0.2, 0) is 0 Å². The van der Waals surface area contributed by atoms with E-state index in [2.05, 4.69) is 34.4 Å². The zero-order valence-electron chi connectivity index (χ0n) is 11.6. The highest BCUT2D eigenvalue weighted by atomic mass is 35.5. The third-order valence-corrected chi connectivity index (χ3v) is 3.45. The monoisotopic (exact) mass is 284 g/mol. The van der Waals surface area contributed by atoms with Gasteiger partial charge in [-0.25, -0.2) is 4.98 Å². The van der Waals surface area contributed by atoms with E-state index < -0.39 is 0 Å². The number of nitrogens with zero attached hydrogens (tertiary/aromatic N) is 2. The van der Waals surface area contributed by atoms with Crippen LogP contribution in [0.15, 0.2) is 12.4 Å². The number of hydrogen-bond acceptors (Lipinski definition) is 4. The van der Waals surface area contributed by atoms with Crippen LogP contribution in [0.3, 0.4) is 0 Å². The maximum absolute atomic E-state index is 12.1. The summed E-state index contributed by atoms with van der Waals surface area (Å²) < 4.78 is 0. The van der Waals surface area contributed by atoms with E-state index in [0.717, 1.165) is 25.2 Å². The summed E-state index contributed by atoms with van der Waals surface area (Å²) in [7, 11) is 0. The molecule has 19 heavy (non-hydrogen) atoms. The summed E-state index contributed by atoms with van der Waals surface area (Å²) in [5.41, 5.74) is 1.26. The molecule has 106 valence electrons. The second-order valence-electron chi connectivity index (χ2n) is 5.52. The molecule has 1 aliphatic rings. The molecule has 1 aromatic heterocycles. The van der Waals surface area contributed by atoms with Crippen molar-refractivity contribution in [3.8, 4) is 0 Å². The van der Waals surface area contributed by atoms with Crippen LogP contribution < -0.4 is 10.6 Å². The summed E-state index contributed by atoms with van der Waals surface area (Å²) in [5.74, 6) is -0.137. The lowest BCUT2D eigenvalue weighted by atomic mass is 9.80. The van der Waals surface area contributed by atoms with E-state index in [1.54, 1.807) is 6.20 Å². The Morgan fingerprint density at radius 2 is 2.16 bits per heavy atom. The normalized spacial score (nSPS) is 21.3. The van der Waals surface area contributed by atoms with Crippen LogP contribution in [-0.4, -0.2) is 35.0 Å². The molecule has 2 N–H and O–H groups in total. The quantitative estimate of drug-likeness (QED) is 0.860. The topological polar surface area (TPSA) is 66.9 Å². The Balaban J connectivity index is 0.00000180. The SMILES string of the molecule is Cc1cnc(C(=O)NC2CCNCC2(C)C)cn1.Cl. The van der Waals surface area contributed by atoms with Gasteiger partial charge in [-0.15, -0.1) is 12.4 Å². The van der Waals surface area contributed by atoms with Crippen LogP contribution in [0, 0.1) is 12.3 Å². The highest BCUT2D eigenvalue weighted by Gasteiger charge is 2.33. The largest absolute Gasteiger partial charge is 0.347 e. The zero-order chi connectivity index (χ0) is 13.2. The van der Waals surface area contributed by atoms with Crippen molar-refractivity contribution in [3.05, 3.63) is 23.8 Å². The van der Waals surface area contributed by atoms with E-state index in [1.165, 1.54) is 6.20 Å². The number of aromatic nitrogens is 2. The number of piperidine rings is 1. The summed E-state index contributed by atoms with van der Waals surface area (Å²) >= 11 is 0. The number of rotatable bonds is 2. The molecule has 1 atom stereocenters. The number of halogens is 1. The van der Waals surface area contributed by atoms with Gasteiger partial charge in [-0.05, 0) is 25.3 Å². The number of nitrogens with one attached hydrogen (secondary N) is 2. The molecule has 0 saturated carbocycles. The predicted octanol–water partition coefficient (Wildman–Crippen LogP) is 1.32. The predicted molar refractivity (Wildman–Crippen MR) is 76.5 cm³/mol. The molecule has 0 spiro atoms. The van der Waals surface area contributed by atoms with E-state index in [9.17, 15) is 4.79 Å². The summed E-state index contributed by atoms with van der Waals surface area (Å²) in [4.78, 5) is 20.3. The van der Waals surface area contributed by atoms with E-state index in [1.807, 2.05) is 6.92 Å². The van der Waals surface area contributed by atoms with Crippen molar-refractivity contribution in [1.29, 1.82) is 0 Å². The molecule has 1 saturated heterocycles. The Labute approximate surface area is 120 Å². The first-order valence-electron chi connectivity index (χ1n) is 6.29. The molecule has 1 aromatic rings. The van der Waals surface area contributed by atoms with Gasteiger partial charge in [0.25, 0.3) is 5.91 Å². The number of aryl methyl sites for hydroxylation is 1. The Morgan fingerprint density at radius 1 is 1.42 bits per heavy atom. The van der Waals surface area contributed by atoms with Crippen molar-refractivity contribution in [2.45, 2.75) is 33.2 Å². The van der Waals surface area contributed by atoms with Crippen molar-refractivity contribution in [1.82, 2.24) is 20.6 Å². The molecular formula is C13H21ClN4O. The van der Waals surface area contributed by atoms with Crippen molar-refractivity contribution >= 4 is 18.3 Å². The number of amides is 1. The summed E-state index contributed by atoms with van der Waals surface area (Å²) in [5, 5.41) is 6.41. The van der Waals surface area contributed by atoms with Crippen LogP contribution in [0.4, 0.5) is 0 Å². The number of hydrogen-bond donors (Lipinski definition) is 2. The fraction of sp³-hybridized carbons (Fsp3) is 0.615. The number of carbonyl (C=O) groups excluding carboxylic acids is 1. The lowest BCUT2D eigenvalue weighted by molar-refractivity contribution is 0.0863. The second kappa shape index (κ2) is 6.30. The third kappa shape index (κ3) is 3.88. The molecule has 1 amide bonds. The van der Waals surface area contributed by atoms with E-state index in [0.29, 0.717) is 5.69 Å². The van der Waals surface area contributed by atoms with Crippen LogP contribution >= 0.6 is 12.4 Å². The molecular weight excluding hydrogens is 264 g/mol. The number of carbonyl (C=O) groups is 1. The second-order valence-corrected chi connectivity index (χ2v) is 5.52. The van der Waals surface area contributed by atoms with E-state index in [-0.39, 0.29) is 29.8 Å². The molecule has 1 fully saturated rings. The lowest BCUT2D eigenvalue weighted by Crippen LogP contribution is -2.54. The van der Waals surface area contributed by atoms with Crippen LogP contribution in [0.25, 0.3) is 0 Å². The van der Waals surface area contributed by atoms with E-state index >= 15 is 0 Å². The first kappa shape index (κ1) is 15.9. The summed E-state index contributed by atoms with van der Waals surface area (Å²) in [6.45, 7) is 8.02. The molecule has 0 radical (unpaired) electrons. The lowest BCUT2D eigenvalue weighted by Gasteiger charge is -2.39. The summed E-state index contributed by atoms with van der Waals surface area (Å²) in [6, 6.07) is 0.175. The van der Waals surface area contributed by atoms with Gasteiger partial charge in [0, 0.05) is 18.8 Å². The molecule has 1 aliphatic heterocycles. The van der Waals surface area contributed by atoms with Gasteiger partial charge in [0.15, 0.2) is 0 Å². The molecule has 5 nitrogen and oxygen atoms in total. The molecule has 2 heterocycles. The summed E-state index contributed by atoms with van der Waals surface area (Å²) in [6.07, 6.45) is 4.08. The van der Waals surface area contributed by atoms with Gasteiger partial charge in [0.05, 0.1) is 11.9 Å². The Bertz CT molecular complexity index is 433. The minimum atomic E-state index is -0.137. The highest BCUT2D eigenvalue weighted by molar-refractivity contribution is 5.92. The Kier molecular flexibility index (Phi) is 5.26. The van der Waals surface area contributed by atoms with Crippen molar-refractivity contribution in [3.63, 3.8) is 0 Å². The standard InChI is InChI=1S/C13H20N4O.ClH/c1-9-6-16-10(7-15-9)12(18)17-11-4-5-14-8-13(11,2)3;/h6-7,11,14H,4-5,8H2,1-3H3,(H,17,18);1H. The maximum atomic E-state index is 12.1. The van der Waals surface area contributed by atoms with Gasteiger partial charge in [0.1, 0.15) is 5.69 Å². The van der Waals surface area contributed by atoms with Gasteiger partial charge in [-0.2, -0.15) is 0 Å². The molecule has 2 rings (SSSR count). The average molecular weight is 285 g/mol. The van der Waals surface area contributed by atoms with Crippen LogP contribution in [0.2, 0.25) is 0 Å². The minimum absolute atomic E-state index is 0. The van der Waals surface area contributed by atoms with Crippen molar-refractivity contribution < 1.29 is 4.79 Å². The van der Waals surface area contributed by atoms with Gasteiger partial charge >= 0.3 is 0 Å². The van der Waals surface area contributed by atoms with Gasteiger partial charge in [0.2, 0.25) is 0 Å². The molecule has 0 bridgehead atoms.